The van der Waals surface area contributed by atoms with Crippen LogP contribution in [0.2, 0.25) is 0 Å². The fourth-order valence-corrected chi connectivity index (χ4v) is 3.70. The Balaban J connectivity index is 1.73. The fraction of sp³-hybridized carbons (Fsp3) is 0.238. The van der Waals surface area contributed by atoms with Crippen LogP contribution < -0.4 is 20.1 Å². The molecule has 2 N–H and O–H groups in total. The van der Waals surface area contributed by atoms with E-state index in [1.54, 1.807) is 37.3 Å². The van der Waals surface area contributed by atoms with E-state index in [9.17, 15) is 14.0 Å². The molecule has 1 aliphatic rings. The maximum Gasteiger partial charge on any atom is 0.238 e. The first kappa shape index (κ1) is 22.3. The lowest BCUT2D eigenvalue weighted by Crippen LogP contribution is -2.41. The molecule has 1 unspecified atom stereocenters. The van der Waals surface area contributed by atoms with E-state index in [-0.39, 0.29) is 29.2 Å². The van der Waals surface area contributed by atoms with E-state index >= 15 is 0 Å². The number of rotatable bonds is 6. The molecular weight excluding hydrogens is 423 g/mol. The number of anilines is 1. The van der Waals surface area contributed by atoms with Gasteiger partial charge in [0.05, 0.1) is 25.6 Å². The average molecular weight is 444 g/mol. The van der Waals surface area contributed by atoms with Gasteiger partial charge in [-0.25, -0.2) is 4.39 Å². The van der Waals surface area contributed by atoms with Crippen LogP contribution in [0.25, 0.3) is 0 Å². The van der Waals surface area contributed by atoms with Crippen LogP contribution in [0.5, 0.6) is 11.5 Å². The van der Waals surface area contributed by atoms with Crippen molar-refractivity contribution in [2.45, 2.75) is 18.6 Å². The van der Waals surface area contributed by atoms with Gasteiger partial charge in [0.15, 0.2) is 16.7 Å². The van der Waals surface area contributed by atoms with Crippen molar-refractivity contribution < 1.29 is 23.5 Å². The first-order valence-corrected chi connectivity index (χ1v) is 10.2. The summed E-state index contributed by atoms with van der Waals surface area (Å²) in [6, 6.07) is 11.4. The Labute approximate surface area is 182 Å². The molecule has 1 saturated heterocycles. The molecule has 1 aliphatic heterocycles. The molecule has 2 amide bonds. The van der Waals surface area contributed by atoms with E-state index in [2.05, 4.69) is 20.8 Å². The molecule has 3 rings (SSSR count). The van der Waals surface area contributed by atoms with Crippen molar-refractivity contribution in [3.63, 3.8) is 0 Å². The SMILES string of the molecule is COc1ccc(/C(C)=N\N=C2\NC(=O)CC(C(=O)Nc3ccccc3OC)S2)cc1F. The summed E-state index contributed by atoms with van der Waals surface area (Å²) in [5, 5.41) is 13.0. The van der Waals surface area contributed by atoms with Gasteiger partial charge in [0.25, 0.3) is 0 Å². The molecule has 1 fully saturated rings. The van der Waals surface area contributed by atoms with E-state index < -0.39 is 11.1 Å². The number of nitrogens with zero attached hydrogens (tertiary/aromatic N) is 2. The van der Waals surface area contributed by atoms with Gasteiger partial charge in [-0.15, -0.1) is 5.10 Å². The Morgan fingerprint density at radius 2 is 1.94 bits per heavy atom. The highest BCUT2D eigenvalue weighted by Crippen LogP contribution is 2.27. The number of carbonyl (C=O) groups excluding carboxylic acids is 2. The predicted octanol–water partition coefficient (Wildman–Crippen LogP) is 3.18. The Kier molecular flexibility index (Phi) is 7.24. The van der Waals surface area contributed by atoms with Gasteiger partial charge in [0.1, 0.15) is 11.0 Å². The van der Waals surface area contributed by atoms with E-state index in [1.807, 2.05) is 0 Å². The molecule has 10 heteroatoms. The molecule has 1 atom stereocenters. The summed E-state index contributed by atoms with van der Waals surface area (Å²) in [6.45, 7) is 1.66. The first-order chi connectivity index (χ1) is 14.9. The molecule has 0 aromatic heterocycles. The third-order valence-electron chi connectivity index (χ3n) is 4.39. The van der Waals surface area contributed by atoms with Crippen molar-refractivity contribution in [1.82, 2.24) is 5.32 Å². The summed E-state index contributed by atoms with van der Waals surface area (Å²) in [5.74, 6) is -0.574. The number of carbonyl (C=O) groups is 2. The summed E-state index contributed by atoms with van der Waals surface area (Å²) in [7, 11) is 2.89. The smallest absolute Gasteiger partial charge is 0.238 e. The summed E-state index contributed by atoms with van der Waals surface area (Å²) in [6.07, 6.45) is -0.00292. The van der Waals surface area contributed by atoms with Crippen molar-refractivity contribution in [2.24, 2.45) is 10.2 Å². The number of benzene rings is 2. The van der Waals surface area contributed by atoms with E-state index in [1.165, 1.54) is 26.4 Å². The van der Waals surface area contributed by atoms with Crippen molar-refractivity contribution in [1.29, 1.82) is 0 Å². The number of methoxy groups -OCH3 is 2. The number of nitrogens with one attached hydrogen (secondary N) is 2. The first-order valence-electron chi connectivity index (χ1n) is 9.27. The van der Waals surface area contributed by atoms with Crippen LogP contribution in [0.3, 0.4) is 0 Å². The standard InChI is InChI=1S/C21H21FN4O4S/c1-12(13-8-9-16(29-2)14(22)10-13)25-26-21-24-19(27)11-18(31-21)20(28)23-15-6-4-5-7-17(15)30-3/h4-10,18H,11H2,1-3H3,(H,23,28)(H,24,26,27)/b25-12-. The van der Waals surface area contributed by atoms with Crippen LogP contribution >= 0.6 is 11.8 Å². The number of amidine groups is 1. The van der Waals surface area contributed by atoms with Crippen molar-refractivity contribution in [3.05, 3.63) is 53.8 Å². The Morgan fingerprint density at radius 1 is 1.19 bits per heavy atom. The van der Waals surface area contributed by atoms with Crippen LogP contribution in [-0.4, -0.2) is 42.2 Å². The van der Waals surface area contributed by atoms with Gasteiger partial charge in [0.2, 0.25) is 11.8 Å². The second kappa shape index (κ2) is 10.1. The highest BCUT2D eigenvalue weighted by molar-refractivity contribution is 8.15. The third-order valence-corrected chi connectivity index (χ3v) is 5.46. The largest absolute Gasteiger partial charge is 0.495 e. The van der Waals surface area contributed by atoms with Crippen LogP contribution in [0.1, 0.15) is 18.9 Å². The highest BCUT2D eigenvalue weighted by atomic mass is 32.2. The molecule has 0 aliphatic carbocycles. The molecule has 2 aromatic rings. The number of ether oxygens (including phenoxy) is 2. The van der Waals surface area contributed by atoms with Crippen LogP contribution in [-0.2, 0) is 9.59 Å². The molecule has 0 bridgehead atoms. The zero-order chi connectivity index (χ0) is 22.4. The summed E-state index contributed by atoms with van der Waals surface area (Å²) in [4.78, 5) is 24.7. The third kappa shape index (κ3) is 5.60. The molecule has 0 saturated carbocycles. The van der Waals surface area contributed by atoms with Crippen molar-refractivity contribution >= 4 is 40.1 Å². The van der Waals surface area contributed by atoms with Crippen molar-refractivity contribution in [2.75, 3.05) is 19.5 Å². The van der Waals surface area contributed by atoms with Gasteiger partial charge in [0, 0.05) is 12.0 Å². The lowest BCUT2D eigenvalue weighted by atomic mass is 10.1. The lowest BCUT2D eigenvalue weighted by Gasteiger charge is -2.22. The van der Waals surface area contributed by atoms with Crippen LogP contribution in [0.4, 0.5) is 10.1 Å². The Morgan fingerprint density at radius 3 is 2.65 bits per heavy atom. The zero-order valence-electron chi connectivity index (χ0n) is 17.1. The Hall–Kier alpha value is -3.40. The normalized spacial score (nSPS) is 17.8. The van der Waals surface area contributed by atoms with Crippen LogP contribution in [0.15, 0.2) is 52.7 Å². The second-order valence-electron chi connectivity index (χ2n) is 6.49. The minimum absolute atomic E-state index is 0.00292. The maximum absolute atomic E-state index is 13.9. The van der Waals surface area contributed by atoms with E-state index in [4.69, 9.17) is 9.47 Å². The molecule has 162 valence electrons. The number of hydrogen-bond acceptors (Lipinski definition) is 7. The molecule has 31 heavy (non-hydrogen) atoms. The van der Waals surface area contributed by atoms with Gasteiger partial charge in [-0.1, -0.05) is 23.9 Å². The summed E-state index contributed by atoms with van der Waals surface area (Å²) >= 11 is 1.09. The van der Waals surface area contributed by atoms with E-state index in [0.29, 0.717) is 22.7 Å². The summed E-state index contributed by atoms with van der Waals surface area (Å²) < 4.78 is 24.0. The minimum Gasteiger partial charge on any atom is -0.495 e. The molecule has 8 nitrogen and oxygen atoms in total. The van der Waals surface area contributed by atoms with Crippen LogP contribution in [0, 0.1) is 5.82 Å². The van der Waals surface area contributed by atoms with Gasteiger partial charge >= 0.3 is 0 Å². The number of hydrogen-bond donors (Lipinski definition) is 2. The topological polar surface area (TPSA) is 101 Å². The number of halogens is 1. The quantitative estimate of drug-likeness (QED) is 0.526. The fourth-order valence-electron chi connectivity index (χ4n) is 2.77. The van der Waals surface area contributed by atoms with Gasteiger partial charge in [-0.3, -0.25) is 9.59 Å². The molecule has 1 heterocycles. The molecule has 0 radical (unpaired) electrons. The van der Waals surface area contributed by atoms with Crippen molar-refractivity contribution in [3.8, 4) is 11.5 Å². The monoisotopic (exact) mass is 444 g/mol. The predicted molar refractivity (Wildman–Crippen MR) is 118 cm³/mol. The maximum atomic E-state index is 13.9. The van der Waals surface area contributed by atoms with Gasteiger partial charge in [-0.2, -0.15) is 5.10 Å². The Bertz CT molecular complexity index is 1060. The number of thioether (sulfide) groups is 1. The van der Waals surface area contributed by atoms with Gasteiger partial charge in [-0.05, 0) is 37.3 Å². The van der Waals surface area contributed by atoms with E-state index in [0.717, 1.165) is 11.8 Å². The molecule has 0 spiro atoms. The summed E-state index contributed by atoms with van der Waals surface area (Å²) in [5.41, 5.74) is 1.46. The van der Waals surface area contributed by atoms with Gasteiger partial charge < -0.3 is 20.1 Å². The number of amides is 2. The average Bonchev–Trinajstić information content (AvgIpc) is 2.77. The zero-order valence-corrected chi connectivity index (χ0v) is 18.0. The molecular formula is C21H21FN4O4S. The lowest BCUT2D eigenvalue weighted by molar-refractivity contribution is -0.123. The highest BCUT2D eigenvalue weighted by Gasteiger charge is 2.30. The minimum atomic E-state index is -0.689. The second-order valence-corrected chi connectivity index (χ2v) is 7.68. The molecule has 2 aromatic carbocycles. The number of para-hydroxylation sites is 2.